The molecule has 4 heteroatoms. The van der Waals surface area contributed by atoms with Crippen LogP contribution in [0.1, 0.15) is 25.7 Å². The first kappa shape index (κ1) is 10.4. The number of hydrogen-bond donors (Lipinski definition) is 3. The van der Waals surface area contributed by atoms with Crippen LogP contribution in [0.3, 0.4) is 0 Å². The highest BCUT2D eigenvalue weighted by Crippen LogP contribution is 2.28. The van der Waals surface area contributed by atoms with Crippen molar-refractivity contribution in [3.63, 3.8) is 0 Å². The highest BCUT2D eigenvalue weighted by molar-refractivity contribution is 5.88. The molecule has 0 unspecified atom stereocenters. The van der Waals surface area contributed by atoms with E-state index in [2.05, 4.69) is 15.5 Å². The number of nitrogens with two attached hydrogens (primary N) is 1. The molecule has 0 atom stereocenters. The molecule has 3 rings (SSSR count). The Bertz CT molecular complexity index is 511. The zero-order chi connectivity index (χ0) is 11.7. The van der Waals surface area contributed by atoms with E-state index in [0.29, 0.717) is 0 Å². The van der Waals surface area contributed by atoms with E-state index >= 15 is 0 Å². The maximum atomic E-state index is 6.03. The lowest BCUT2D eigenvalue weighted by Crippen LogP contribution is -2.12. The minimum atomic E-state index is 0.803. The molecule has 1 aromatic heterocycles. The zero-order valence-electron chi connectivity index (χ0n) is 9.87. The van der Waals surface area contributed by atoms with Gasteiger partial charge in [0.25, 0.3) is 0 Å². The second kappa shape index (κ2) is 4.28. The van der Waals surface area contributed by atoms with Crippen molar-refractivity contribution in [3.8, 4) is 0 Å². The fraction of sp³-hybridized carbons (Fsp3) is 0.462. The van der Waals surface area contributed by atoms with Gasteiger partial charge in [0.1, 0.15) is 0 Å². The van der Waals surface area contributed by atoms with Crippen molar-refractivity contribution in [1.82, 2.24) is 10.2 Å². The normalized spacial score (nSPS) is 16.7. The Labute approximate surface area is 101 Å². The van der Waals surface area contributed by atoms with Crippen LogP contribution in [0.5, 0.6) is 0 Å². The van der Waals surface area contributed by atoms with Gasteiger partial charge in [-0.1, -0.05) is 12.8 Å². The summed E-state index contributed by atoms with van der Waals surface area (Å²) >= 11 is 0. The van der Waals surface area contributed by atoms with Gasteiger partial charge in [0.2, 0.25) is 0 Å². The standard InChI is InChI=1S/C13H18N4/c14-11-5-10-8-16-17-12(10)6-13(11)15-7-9-3-1-2-4-9/h5-6,8-9,15H,1-4,7,14H2,(H,16,17). The molecule has 1 heterocycles. The van der Waals surface area contributed by atoms with Gasteiger partial charge in [-0.15, -0.1) is 0 Å². The number of nitrogens with zero attached hydrogens (tertiary/aromatic N) is 1. The summed E-state index contributed by atoms with van der Waals surface area (Å²) in [6.45, 7) is 1.03. The number of nitrogens with one attached hydrogen (secondary N) is 2. The number of benzene rings is 1. The van der Waals surface area contributed by atoms with E-state index in [-0.39, 0.29) is 0 Å². The summed E-state index contributed by atoms with van der Waals surface area (Å²) in [6.07, 6.45) is 7.24. The zero-order valence-corrected chi connectivity index (χ0v) is 9.87. The highest BCUT2D eigenvalue weighted by atomic mass is 15.1. The molecule has 17 heavy (non-hydrogen) atoms. The van der Waals surface area contributed by atoms with Gasteiger partial charge in [-0.25, -0.2) is 0 Å². The van der Waals surface area contributed by atoms with Gasteiger partial charge in [0.15, 0.2) is 0 Å². The minimum absolute atomic E-state index is 0.803. The number of rotatable bonds is 3. The molecule has 4 nitrogen and oxygen atoms in total. The van der Waals surface area contributed by atoms with Crippen LogP contribution in [0.2, 0.25) is 0 Å². The lowest BCUT2D eigenvalue weighted by molar-refractivity contribution is 0.580. The van der Waals surface area contributed by atoms with Crippen molar-refractivity contribution in [2.24, 2.45) is 5.92 Å². The van der Waals surface area contributed by atoms with E-state index in [0.717, 1.165) is 34.7 Å². The largest absolute Gasteiger partial charge is 0.397 e. The van der Waals surface area contributed by atoms with Gasteiger partial charge in [-0.05, 0) is 30.9 Å². The van der Waals surface area contributed by atoms with Crippen LogP contribution in [0.4, 0.5) is 11.4 Å². The summed E-state index contributed by atoms with van der Waals surface area (Å²) in [6, 6.07) is 4.02. The van der Waals surface area contributed by atoms with Crippen LogP contribution in [0.15, 0.2) is 18.3 Å². The lowest BCUT2D eigenvalue weighted by Gasteiger charge is -2.13. The number of anilines is 2. The van der Waals surface area contributed by atoms with Crippen LogP contribution in [0, 0.1) is 5.92 Å². The molecule has 4 N–H and O–H groups in total. The minimum Gasteiger partial charge on any atom is -0.397 e. The summed E-state index contributed by atoms with van der Waals surface area (Å²) in [5.41, 5.74) is 8.89. The molecular formula is C13H18N4. The van der Waals surface area contributed by atoms with E-state index < -0.39 is 0 Å². The molecule has 0 amide bonds. The summed E-state index contributed by atoms with van der Waals surface area (Å²) in [5.74, 6) is 0.812. The first-order valence-electron chi connectivity index (χ1n) is 6.29. The van der Waals surface area contributed by atoms with E-state index in [1.54, 1.807) is 6.20 Å². The van der Waals surface area contributed by atoms with Crippen molar-refractivity contribution in [3.05, 3.63) is 18.3 Å². The van der Waals surface area contributed by atoms with Gasteiger partial charge in [0, 0.05) is 11.9 Å². The van der Waals surface area contributed by atoms with Crippen LogP contribution < -0.4 is 11.1 Å². The lowest BCUT2D eigenvalue weighted by atomic mass is 10.1. The summed E-state index contributed by atoms with van der Waals surface area (Å²) in [4.78, 5) is 0. The molecule has 1 fully saturated rings. The number of H-pyrrole nitrogens is 1. The van der Waals surface area contributed by atoms with Crippen molar-refractivity contribution < 1.29 is 0 Å². The van der Waals surface area contributed by atoms with Crippen LogP contribution in [0.25, 0.3) is 10.9 Å². The van der Waals surface area contributed by atoms with Crippen LogP contribution >= 0.6 is 0 Å². The Morgan fingerprint density at radius 2 is 2.18 bits per heavy atom. The summed E-state index contributed by atoms with van der Waals surface area (Å²) < 4.78 is 0. The molecule has 0 radical (unpaired) electrons. The molecule has 0 bridgehead atoms. The molecule has 1 aromatic carbocycles. The average Bonchev–Trinajstić information content (AvgIpc) is 2.95. The molecule has 1 saturated carbocycles. The Balaban J connectivity index is 1.76. The van der Waals surface area contributed by atoms with Crippen molar-refractivity contribution >= 4 is 22.3 Å². The molecule has 1 aliphatic carbocycles. The molecule has 0 aliphatic heterocycles. The van der Waals surface area contributed by atoms with Gasteiger partial charge < -0.3 is 11.1 Å². The number of aromatic nitrogens is 2. The molecule has 1 aliphatic rings. The number of hydrogen-bond acceptors (Lipinski definition) is 3. The van der Waals surface area contributed by atoms with Gasteiger partial charge in [0.05, 0.1) is 23.1 Å². The third-order valence-electron chi connectivity index (χ3n) is 3.67. The Kier molecular flexibility index (Phi) is 2.63. The van der Waals surface area contributed by atoms with Crippen molar-refractivity contribution in [2.75, 3.05) is 17.6 Å². The van der Waals surface area contributed by atoms with Gasteiger partial charge in [-0.3, -0.25) is 5.10 Å². The van der Waals surface area contributed by atoms with Crippen molar-refractivity contribution in [1.29, 1.82) is 0 Å². The smallest absolute Gasteiger partial charge is 0.0672 e. The van der Waals surface area contributed by atoms with Crippen LogP contribution in [-0.2, 0) is 0 Å². The Morgan fingerprint density at radius 1 is 1.35 bits per heavy atom. The topological polar surface area (TPSA) is 66.7 Å². The predicted octanol–water partition coefficient (Wildman–Crippen LogP) is 2.75. The quantitative estimate of drug-likeness (QED) is 0.710. The maximum Gasteiger partial charge on any atom is 0.0672 e. The fourth-order valence-corrected chi connectivity index (χ4v) is 2.63. The first-order valence-corrected chi connectivity index (χ1v) is 6.29. The second-order valence-electron chi connectivity index (χ2n) is 4.93. The monoisotopic (exact) mass is 230 g/mol. The molecule has 90 valence electrons. The fourth-order valence-electron chi connectivity index (χ4n) is 2.63. The molecule has 0 spiro atoms. The highest BCUT2D eigenvalue weighted by Gasteiger charge is 2.15. The molecular weight excluding hydrogens is 212 g/mol. The Morgan fingerprint density at radius 3 is 3.00 bits per heavy atom. The SMILES string of the molecule is Nc1cc2cn[nH]c2cc1NCC1CCCC1. The molecule has 2 aromatic rings. The summed E-state index contributed by atoms with van der Waals surface area (Å²) in [7, 11) is 0. The van der Waals surface area contributed by atoms with Crippen LogP contribution in [-0.4, -0.2) is 16.7 Å². The first-order chi connectivity index (χ1) is 8.33. The Hall–Kier alpha value is -1.71. The third kappa shape index (κ3) is 2.07. The third-order valence-corrected chi connectivity index (χ3v) is 3.67. The van der Waals surface area contributed by atoms with Gasteiger partial charge >= 0.3 is 0 Å². The van der Waals surface area contributed by atoms with E-state index in [1.165, 1.54) is 25.7 Å². The van der Waals surface area contributed by atoms with Gasteiger partial charge in [-0.2, -0.15) is 5.10 Å². The maximum absolute atomic E-state index is 6.03. The number of fused-ring (bicyclic) bond motifs is 1. The van der Waals surface area contributed by atoms with Crippen molar-refractivity contribution in [2.45, 2.75) is 25.7 Å². The van der Waals surface area contributed by atoms with E-state index in [4.69, 9.17) is 5.73 Å². The number of aromatic amines is 1. The predicted molar refractivity (Wildman–Crippen MR) is 71.0 cm³/mol. The summed E-state index contributed by atoms with van der Waals surface area (Å²) in [5, 5.41) is 11.5. The van der Waals surface area contributed by atoms with E-state index in [9.17, 15) is 0 Å². The average molecular weight is 230 g/mol. The number of nitrogen functional groups attached to an aromatic ring is 1. The molecule has 0 saturated heterocycles. The second-order valence-corrected chi connectivity index (χ2v) is 4.93. The van der Waals surface area contributed by atoms with E-state index in [1.807, 2.05) is 12.1 Å².